The highest BCUT2D eigenvalue weighted by Crippen LogP contribution is 2.12. The number of hydrogen-bond acceptors (Lipinski definition) is 3. The number of aromatic nitrogens is 3. The molecule has 2 rings (SSSR count). The van der Waals surface area contributed by atoms with Crippen LogP contribution < -0.4 is 5.73 Å². The molecule has 2 aromatic rings. The Morgan fingerprint density at radius 1 is 1.31 bits per heavy atom. The van der Waals surface area contributed by atoms with Crippen molar-refractivity contribution in [2.45, 2.75) is 12.8 Å². The van der Waals surface area contributed by atoms with E-state index in [1.54, 1.807) is 10.9 Å². The van der Waals surface area contributed by atoms with Gasteiger partial charge in [-0.2, -0.15) is 0 Å². The molecule has 0 fully saturated rings. The van der Waals surface area contributed by atoms with Crippen molar-refractivity contribution in [3.63, 3.8) is 0 Å². The Morgan fingerprint density at radius 2 is 2.06 bits per heavy atom. The topological polar surface area (TPSA) is 56.7 Å². The number of rotatable bonds is 3. The molecule has 0 aliphatic carbocycles. The van der Waals surface area contributed by atoms with Gasteiger partial charge in [0.25, 0.3) is 0 Å². The van der Waals surface area contributed by atoms with Crippen LogP contribution in [0.2, 0.25) is 0 Å². The van der Waals surface area contributed by atoms with E-state index in [4.69, 9.17) is 12.2 Å². The average Bonchev–Trinajstić information content (AvgIpc) is 2.75. The maximum absolute atomic E-state index is 5.63. The largest absolute Gasteiger partial charge is 0.399 e. The molecule has 0 radical (unpaired) electrons. The van der Waals surface area contributed by atoms with Gasteiger partial charge >= 0.3 is 0 Å². The molecule has 1 aromatic carbocycles. The second kappa shape index (κ2) is 4.49. The Morgan fingerprint density at radius 3 is 2.75 bits per heavy atom. The normalized spacial score (nSPS) is 9.94. The molecule has 0 aliphatic heterocycles. The lowest BCUT2D eigenvalue weighted by molar-refractivity contribution is 0.759. The minimum absolute atomic E-state index is 0.683. The van der Waals surface area contributed by atoms with E-state index in [0.717, 1.165) is 23.5 Å². The lowest BCUT2D eigenvalue weighted by Crippen LogP contribution is -2.02. The van der Waals surface area contributed by atoms with Gasteiger partial charge in [-0.1, -0.05) is 5.21 Å². The molecule has 0 atom stereocenters. The summed E-state index contributed by atoms with van der Waals surface area (Å²) in [5.41, 5.74) is 8.30. The molecule has 0 amide bonds. The van der Waals surface area contributed by atoms with Crippen molar-refractivity contribution >= 4 is 5.69 Å². The third kappa shape index (κ3) is 2.04. The Hall–Kier alpha value is -2.28. The van der Waals surface area contributed by atoms with Crippen molar-refractivity contribution in [1.82, 2.24) is 15.0 Å². The van der Waals surface area contributed by atoms with E-state index in [1.165, 1.54) is 0 Å². The highest BCUT2D eigenvalue weighted by molar-refractivity contribution is 5.45. The van der Waals surface area contributed by atoms with Crippen LogP contribution >= 0.6 is 0 Å². The molecule has 2 N–H and O–H groups in total. The number of hydrogen-bond donors (Lipinski definition) is 1. The predicted octanol–water partition coefficient (Wildman–Crippen LogP) is 1.42. The maximum atomic E-state index is 5.63. The molecular formula is C12H12N4. The van der Waals surface area contributed by atoms with Gasteiger partial charge in [-0.05, 0) is 24.3 Å². The molecule has 0 spiro atoms. The van der Waals surface area contributed by atoms with Crippen molar-refractivity contribution in [3.05, 3.63) is 36.2 Å². The number of nitrogen functional groups attached to an aromatic ring is 1. The third-order valence-electron chi connectivity index (χ3n) is 2.28. The highest BCUT2D eigenvalue weighted by Gasteiger charge is 2.04. The van der Waals surface area contributed by atoms with Crippen LogP contribution in [0.3, 0.4) is 0 Å². The van der Waals surface area contributed by atoms with E-state index in [9.17, 15) is 0 Å². The number of anilines is 1. The highest BCUT2D eigenvalue weighted by atomic mass is 15.4. The van der Waals surface area contributed by atoms with Crippen LogP contribution in [0.25, 0.3) is 5.69 Å². The molecule has 16 heavy (non-hydrogen) atoms. The van der Waals surface area contributed by atoms with Gasteiger partial charge in [0.1, 0.15) is 0 Å². The van der Waals surface area contributed by atoms with Crippen molar-refractivity contribution in [2.24, 2.45) is 0 Å². The number of benzene rings is 1. The summed E-state index contributed by atoms with van der Waals surface area (Å²) >= 11 is 0. The second-order valence-electron chi connectivity index (χ2n) is 3.43. The summed E-state index contributed by atoms with van der Waals surface area (Å²) in [6.45, 7) is 0. The summed E-state index contributed by atoms with van der Waals surface area (Å²) in [5.74, 6) is 2.60. The van der Waals surface area contributed by atoms with E-state index >= 15 is 0 Å². The number of terminal acetylenes is 1. The van der Waals surface area contributed by atoms with Gasteiger partial charge in [0, 0.05) is 18.5 Å². The summed E-state index contributed by atoms with van der Waals surface area (Å²) < 4.78 is 1.77. The minimum atomic E-state index is 0.683. The van der Waals surface area contributed by atoms with E-state index < -0.39 is 0 Å². The summed E-state index contributed by atoms with van der Waals surface area (Å²) in [7, 11) is 0. The van der Waals surface area contributed by atoms with Gasteiger partial charge < -0.3 is 5.73 Å². The quantitative estimate of drug-likeness (QED) is 0.618. The molecule has 4 nitrogen and oxygen atoms in total. The first-order chi connectivity index (χ1) is 7.81. The molecule has 0 saturated heterocycles. The molecule has 1 heterocycles. The van der Waals surface area contributed by atoms with Crippen LogP contribution in [0.1, 0.15) is 12.1 Å². The SMILES string of the molecule is C#CCCc1cnnn1-c1ccc(N)cc1. The summed E-state index contributed by atoms with van der Waals surface area (Å²) in [5, 5.41) is 7.91. The molecule has 0 aliphatic rings. The van der Waals surface area contributed by atoms with Crippen LogP contribution in [-0.4, -0.2) is 15.0 Å². The zero-order chi connectivity index (χ0) is 11.4. The van der Waals surface area contributed by atoms with Crippen LogP contribution in [0.4, 0.5) is 5.69 Å². The van der Waals surface area contributed by atoms with Gasteiger partial charge in [0.05, 0.1) is 17.6 Å². The molecule has 0 unspecified atom stereocenters. The molecular weight excluding hydrogens is 200 g/mol. The summed E-state index contributed by atoms with van der Waals surface area (Å²) in [4.78, 5) is 0. The van der Waals surface area contributed by atoms with Gasteiger partial charge in [-0.3, -0.25) is 0 Å². The van der Waals surface area contributed by atoms with Crippen LogP contribution in [0.5, 0.6) is 0 Å². The molecule has 80 valence electrons. The van der Waals surface area contributed by atoms with Gasteiger partial charge in [0.2, 0.25) is 0 Å². The van der Waals surface area contributed by atoms with Gasteiger partial charge in [-0.15, -0.1) is 17.4 Å². The first-order valence-electron chi connectivity index (χ1n) is 5.00. The van der Waals surface area contributed by atoms with Crippen LogP contribution in [0.15, 0.2) is 30.5 Å². The second-order valence-corrected chi connectivity index (χ2v) is 3.43. The third-order valence-corrected chi connectivity index (χ3v) is 2.28. The Kier molecular flexibility index (Phi) is 2.88. The maximum Gasteiger partial charge on any atom is 0.0730 e. The summed E-state index contributed by atoms with van der Waals surface area (Å²) in [6, 6.07) is 7.48. The Bertz CT molecular complexity index is 505. The van der Waals surface area contributed by atoms with Gasteiger partial charge in [-0.25, -0.2) is 4.68 Å². The van der Waals surface area contributed by atoms with E-state index in [1.807, 2.05) is 24.3 Å². The fourth-order valence-corrected chi connectivity index (χ4v) is 1.46. The fraction of sp³-hybridized carbons (Fsp3) is 0.167. The number of aryl methyl sites for hydroxylation is 1. The van der Waals surface area contributed by atoms with Crippen molar-refractivity contribution in [1.29, 1.82) is 0 Å². The number of nitrogens with two attached hydrogens (primary N) is 1. The van der Waals surface area contributed by atoms with E-state index in [2.05, 4.69) is 16.2 Å². The Labute approximate surface area is 94.1 Å². The smallest absolute Gasteiger partial charge is 0.0730 e. The van der Waals surface area contributed by atoms with Gasteiger partial charge in [0.15, 0.2) is 0 Å². The standard InChI is InChI=1S/C12H12N4/c1-2-3-4-12-9-14-15-16(12)11-7-5-10(13)6-8-11/h1,5-9H,3-4,13H2. The zero-order valence-electron chi connectivity index (χ0n) is 8.80. The van der Waals surface area contributed by atoms with E-state index in [-0.39, 0.29) is 0 Å². The molecule has 1 aromatic heterocycles. The minimum Gasteiger partial charge on any atom is -0.399 e. The fourth-order valence-electron chi connectivity index (χ4n) is 1.46. The first kappa shape index (κ1) is 10.2. The van der Waals surface area contributed by atoms with E-state index in [0.29, 0.717) is 6.42 Å². The average molecular weight is 212 g/mol. The lowest BCUT2D eigenvalue weighted by atomic mass is 10.2. The molecule has 0 bridgehead atoms. The number of nitrogens with zero attached hydrogens (tertiary/aromatic N) is 3. The Balaban J connectivity index is 2.30. The van der Waals surface area contributed by atoms with Crippen molar-refractivity contribution in [3.8, 4) is 18.0 Å². The van der Waals surface area contributed by atoms with Crippen molar-refractivity contribution < 1.29 is 0 Å². The predicted molar refractivity (Wildman–Crippen MR) is 62.9 cm³/mol. The molecule has 0 saturated carbocycles. The van der Waals surface area contributed by atoms with Crippen LogP contribution in [-0.2, 0) is 6.42 Å². The first-order valence-corrected chi connectivity index (χ1v) is 5.00. The van der Waals surface area contributed by atoms with Crippen LogP contribution in [0, 0.1) is 12.3 Å². The lowest BCUT2D eigenvalue weighted by Gasteiger charge is -2.04. The monoisotopic (exact) mass is 212 g/mol. The van der Waals surface area contributed by atoms with Crippen molar-refractivity contribution in [2.75, 3.05) is 5.73 Å². The molecule has 4 heteroatoms. The summed E-state index contributed by atoms with van der Waals surface area (Å²) in [6.07, 6.45) is 8.42. The zero-order valence-corrected chi connectivity index (χ0v) is 8.80.